The van der Waals surface area contributed by atoms with E-state index in [1.54, 1.807) is 0 Å². The van der Waals surface area contributed by atoms with Crippen molar-refractivity contribution < 1.29 is 0 Å². The van der Waals surface area contributed by atoms with Crippen LogP contribution in [0.3, 0.4) is 0 Å². The highest BCUT2D eigenvalue weighted by atomic mass is 15.8. The molecule has 0 aliphatic carbocycles. The summed E-state index contributed by atoms with van der Waals surface area (Å²) in [4.78, 5) is 0. The highest BCUT2D eigenvalue weighted by Gasteiger charge is 2.18. The van der Waals surface area contributed by atoms with Gasteiger partial charge in [0.1, 0.15) is 0 Å². The molecule has 84 valence electrons. The molecule has 0 atom stereocenters. The standard InChI is InChI=1S/C12H21N3/c1-4-7-12-10-14(8-5-2)13-15(11-12)9-6-3/h4-9,12-13H,10-11H2,1-3H3. The Kier molecular flexibility index (Phi) is 4.98. The number of rotatable bonds is 3. The maximum absolute atomic E-state index is 3.30. The third-order valence-corrected chi connectivity index (χ3v) is 2.24. The lowest BCUT2D eigenvalue weighted by molar-refractivity contribution is 0.0362. The van der Waals surface area contributed by atoms with Gasteiger partial charge in [-0.3, -0.25) is 10.0 Å². The molecule has 3 heteroatoms. The molecular formula is C12H21N3. The first-order chi connectivity index (χ1) is 7.30. The van der Waals surface area contributed by atoms with Gasteiger partial charge in [-0.2, -0.15) is 0 Å². The van der Waals surface area contributed by atoms with Crippen molar-refractivity contribution in [3.8, 4) is 0 Å². The van der Waals surface area contributed by atoms with E-state index in [4.69, 9.17) is 0 Å². The Morgan fingerprint density at radius 2 is 1.47 bits per heavy atom. The summed E-state index contributed by atoms with van der Waals surface area (Å²) in [7, 11) is 0. The van der Waals surface area contributed by atoms with Crippen molar-refractivity contribution in [3.05, 3.63) is 36.7 Å². The van der Waals surface area contributed by atoms with Gasteiger partial charge in [0.05, 0.1) is 0 Å². The Balaban J connectivity index is 2.63. The molecule has 0 saturated carbocycles. The highest BCUT2D eigenvalue weighted by Crippen LogP contribution is 2.10. The molecule has 1 rings (SSSR count). The quantitative estimate of drug-likeness (QED) is 0.716. The van der Waals surface area contributed by atoms with Crippen LogP contribution in [0.15, 0.2) is 36.7 Å². The normalized spacial score (nSPS) is 23.8. The minimum atomic E-state index is 0.573. The maximum atomic E-state index is 3.30. The average Bonchev–Trinajstić information content (AvgIpc) is 2.19. The first kappa shape index (κ1) is 11.9. The molecular weight excluding hydrogens is 186 g/mol. The van der Waals surface area contributed by atoms with Crippen LogP contribution >= 0.6 is 0 Å². The Hall–Kier alpha value is -1.22. The lowest BCUT2D eigenvalue weighted by atomic mass is 10.1. The average molecular weight is 207 g/mol. The molecule has 0 aromatic rings. The number of allylic oxidation sites excluding steroid dienone is 3. The third-order valence-electron chi connectivity index (χ3n) is 2.24. The molecule has 0 aromatic heterocycles. The van der Waals surface area contributed by atoms with E-state index in [-0.39, 0.29) is 0 Å². The number of hydrogen-bond donors (Lipinski definition) is 1. The first-order valence-corrected chi connectivity index (χ1v) is 5.48. The molecule has 1 saturated heterocycles. The Bertz CT molecular complexity index is 207. The van der Waals surface area contributed by atoms with Crippen LogP contribution < -0.4 is 5.53 Å². The van der Waals surface area contributed by atoms with Gasteiger partial charge in [-0.05, 0) is 20.8 Å². The van der Waals surface area contributed by atoms with Gasteiger partial charge in [0.15, 0.2) is 0 Å². The second-order valence-electron chi connectivity index (χ2n) is 3.66. The molecule has 3 nitrogen and oxygen atoms in total. The Morgan fingerprint density at radius 1 is 0.933 bits per heavy atom. The van der Waals surface area contributed by atoms with E-state index in [2.05, 4.69) is 47.0 Å². The molecule has 15 heavy (non-hydrogen) atoms. The Morgan fingerprint density at radius 3 is 1.87 bits per heavy atom. The van der Waals surface area contributed by atoms with Crippen molar-refractivity contribution >= 4 is 0 Å². The fourth-order valence-corrected chi connectivity index (χ4v) is 1.75. The summed E-state index contributed by atoms with van der Waals surface area (Å²) in [5.41, 5.74) is 3.30. The molecule has 0 amide bonds. The molecule has 0 aromatic carbocycles. The summed E-state index contributed by atoms with van der Waals surface area (Å²) in [6.07, 6.45) is 12.6. The minimum absolute atomic E-state index is 0.573. The fourth-order valence-electron chi connectivity index (χ4n) is 1.75. The molecule has 1 N–H and O–H groups in total. The fraction of sp³-hybridized carbons (Fsp3) is 0.500. The number of nitrogens with one attached hydrogen (secondary N) is 1. The van der Waals surface area contributed by atoms with Gasteiger partial charge in [-0.1, -0.05) is 24.3 Å². The summed E-state index contributed by atoms with van der Waals surface area (Å²) >= 11 is 0. The summed E-state index contributed by atoms with van der Waals surface area (Å²) < 4.78 is 0. The monoisotopic (exact) mass is 207 g/mol. The van der Waals surface area contributed by atoms with Crippen molar-refractivity contribution in [2.24, 2.45) is 5.92 Å². The van der Waals surface area contributed by atoms with Crippen LogP contribution in [0.1, 0.15) is 20.8 Å². The van der Waals surface area contributed by atoms with Crippen LogP contribution in [-0.2, 0) is 0 Å². The summed E-state index contributed by atoms with van der Waals surface area (Å²) in [6, 6.07) is 0. The lowest BCUT2D eigenvalue weighted by Gasteiger charge is -2.38. The van der Waals surface area contributed by atoms with Crippen LogP contribution in [0, 0.1) is 5.92 Å². The molecule has 0 unspecified atom stereocenters. The van der Waals surface area contributed by atoms with E-state index in [1.165, 1.54) is 0 Å². The highest BCUT2D eigenvalue weighted by molar-refractivity contribution is 4.94. The maximum Gasteiger partial charge on any atom is 0.0435 e. The van der Waals surface area contributed by atoms with E-state index in [9.17, 15) is 0 Å². The van der Waals surface area contributed by atoms with Crippen LogP contribution in [-0.4, -0.2) is 23.1 Å². The lowest BCUT2D eigenvalue weighted by Crippen LogP contribution is -2.53. The van der Waals surface area contributed by atoms with E-state index in [0.717, 1.165) is 13.1 Å². The van der Waals surface area contributed by atoms with Gasteiger partial charge in [-0.15, -0.1) is 5.53 Å². The minimum Gasteiger partial charge on any atom is -0.298 e. The second-order valence-corrected chi connectivity index (χ2v) is 3.66. The molecule has 1 aliphatic rings. The van der Waals surface area contributed by atoms with Gasteiger partial charge in [-0.25, -0.2) is 0 Å². The van der Waals surface area contributed by atoms with Gasteiger partial charge in [0.25, 0.3) is 0 Å². The van der Waals surface area contributed by atoms with Crippen molar-refractivity contribution in [1.29, 1.82) is 0 Å². The third kappa shape index (κ3) is 3.80. The summed E-state index contributed by atoms with van der Waals surface area (Å²) in [5.74, 6) is 0.573. The van der Waals surface area contributed by atoms with Gasteiger partial charge < -0.3 is 0 Å². The van der Waals surface area contributed by atoms with Gasteiger partial charge >= 0.3 is 0 Å². The number of nitrogens with zero attached hydrogens (tertiary/aromatic N) is 2. The second kappa shape index (κ2) is 6.30. The van der Waals surface area contributed by atoms with Crippen molar-refractivity contribution in [2.45, 2.75) is 20.8 Å². The molecule has 1 aliphatic heterocycles. The smallest absolute Gasteiger partial charge is 0.0435 e. The largest absolute Gasteiger partial charge is 0.298 e. The summed E-state index contributed by atoms with van der Waals surface area (Å²) in [5, 5.41) is 4.21. The molecule has 0 spiro atoms. The Labute approximate surface area is 92.7 Å². The zero-order valence-corrected chi connectivity index (χ0v) is 9.85. The summed E-state index contributed by atoms with van der Waals surface area (Å²) in [6.45, 7) is 8.16. The molecule has 1 fully saturated rings. The van der Waals surface area contributed by atoms with Crippen LogP contribution in [0.4, 0.5) is 0 Å². The number of hydrazine groups is 2. The van der Waals surface area contributed by atoms with E-state index >= 15 is 0 Å². The first-order valence-electron chi connectivity index (χ1n) is 5.48. The predicted octanol–water partition coefficient (Wildman–Crippen LogP) is 2.28. The molecule has 0 radical (unpaired) electrons. The van der Waals surface area contributed by atoms with E-state index in [1.807, 2.05) is 26.0 Å². The van der Waals surface area contributed by atoms with E-state index < -0.39 is 0 Å². The van der Waals surface area contributed by atoms with Gasteiger partial charge in [0.2, 0.25) is 0 Å². The van der Waals surface area contributed by atoms with Crippen LogP contribution in [0.5, 0.6) is 0 Å². The van der Waals surface area contributed by atoms with Gasteiger partial charge in [0, 0.05) is 31.4 Å². The van der Waals surface area contributed by atoms with Crippen molar-refractivity contribution in [2.75, 3.05) is 13.1 Å². The molecule has 1 heterocycles. The van der Waals surface area contributed by atoms with Crippen LogP contribution in [0.25, 0.3) is 0 Å². The SMILES string of the molecule is CC=CC1CN(C=CC)NN(C=CC)C1. The van der Waals surface area contributed by atoms with Crippen LogP contribution in [0.2, 0.25) is 0 Å². The topological polar surface area (TPSA) is 18.5 Å². The number of hydrogen-bond acceptors (Lipinski definition) is 3. The zero-order valence-electron chi connectivity index (χ0n) is 9.85. The zero-order chi connectivity index (χ0) is 11.1. The van der Waals surface area contributed by atoms with E-state index in [0.29, 0.717) is 5.92 Å². The molecule has 0 bridgehead atoms. The predicted molar refractivity (Wildman–Crippen MR) is 64.5 cm³/mol. The van der Waals surface area contributed by atoms with Crippen molar-refractivity contribution in [1.82, 2.24) is 15.6 Å². The van der Waals surface area contributed by atoms with Crippen molar-refractivity contribution in [3.63, 3.8) is 0 Å².